The Morgan fingerprint density at radius 3 is 2.50 bits per heavy atom. The van der Waals surface area contributed by atoms with E-state index in [4.69, 9.17) is 5.11 Å². The summed E-state index contributed by atoms with van der Waals surface area (Å²) < 4.78 is 0. The van der Waals surface area contributed by atoms with Crippen LogP contribution in [-0.2, 0) is 0 Å². The lowest BCUT2D eigenvalue weighted by Crippen LogP contribution is -2.41. The van der Waals surface area contributed by atoms with E-state index in [1.54, 1.807) is 6.08 Å². The summed E-state index contributed by atoms with van der Waals surface area (Å²) in [6.45, 7) is 5.38. The number of aliphatic hydroxyl groups is 2. The smallest absolute Gasteiger partial charge is 0.0959 e. The third-order valence-electron chi connectivity index (χ3n) is 2.60. The van der Waals surface area contributed by atoms with Gasteiger partial charge in [0.05, 0.1) is 18.8 Å². The molecule has 1 aromatic rings. The van der Waals surface area contributed by atoms with Crippen LogP contribution in [0.4, 0.5) is 0 Å². The van der Waals surface area contributed by atoms with Gasteiger partial charge in [-0.25, -0.2) is 0 Å². The lowest BCUT2D eigenvalue weighted by Gasteiger charge is -2.24. The van der Waals surface area contributed by atoms with Crippen molar-refractivity contribution in [1.29, 1.82) is 0 Å². The van der Waals surface area contributed by atoms with Crippen LogP contribution in [-0.4, -0.2) is 29.0 Å². The zero-order valence-corrected chi connectivity index (χ0v) is 9.50. The Morgan fingerprint density at radius 2 is 2.00 bits per heavy atom. The van der Waals surface area contributed by atoms with Crippen LogP contribution in [0.25, 0.3) is 0 Å². The highest BCUT2D eigenvalue weighted by Crippen LogP contribution is 2.13. The minimum atomic E-state index is -0.816. The summed E-state index contributed by atoms with van der Waals surface area (Å²) >= 11 is 0. The Balaban J connectivity index is 2.62. The fourth-order valence-electron chi connectivity index (χ4n) is 1.58. The van der Waals surface area contributed by atoms with Gasteiger partial charge in [-0.1, -0.05) is 36.4 Å². The molecule has 0 aliphatic heterocycles. The van der Waals surface area contributed by atoms with Crippen LogP contribution >= 0.6 is 0 Å². The Morgan fingerprint density at radius 1 is 1.38 bits per heavy atom. The van der Waals surface area contributed by atoms with Gasteiger partial charge in [-0.2, -0.15) is 0 Å². The van der Waals surface area contributed by atoms with E-state index < -0.39 is 6.10 Å². The second-order valence-corrected chi connectivity index (χ2v) is 3.81. The highest BCUT2D eigenvalue weighted by molar-refractivity contribution is 5.18. The minimum absolute atomic E-state index is 0.102. The molecular weight excluding hydrogens is 202 g/mol. The molecule has 0 bridgehead atoms. The van der Waals surface area contributed by atoms with E-state index in [0.29, 0.717) is 0 Å². The number of nitrogens with one attached hydrogen (secondary N) is 1. The summed E-state index contributed by atoms with van der Waals surface area (Å²) in [4.78, 5) is 0. The first-order valence-corrected chi connectivity index (χ1v) is 5.41. The predicted octanol–water partition coefficient (Wildman–Crippen LogP) is 1.24. The van der Waals surface area contributed by atoms with E-state index in [1.807, 2.05) is 37.3 Å². The normalized spacial score (nSPS) is 16.4. The maximum atomic E-state index is 9.53. The molecule has 3 atom stereocenters. The van der Waals surface area contributed by atoms with E-state index in [1.165, 1.54) is 0 Å². The molecule has 0 heterocycles. The molecule has 16 heavy (non-hydrogen) atoms. The van der Waals surface area contributed by atoms with Gasteiger partial charge in [0.15, 0.2) is 0 Å². The molecule has 3 heteroatoms. The first-order valence-electron chi connectivity index (χ1n) is 5.41. The van der Waals surface area contributed by atoms with Crippen LogP contribution in [0.15, 0.2) is 43.0 Å². The molecule has 0 spiro atoms. The van der Waals surface area contributed by atoms with Crippen LogP contribution < -0.4 is 5.32 Å². The molecule has 0 saturated carbocycles. The van der Waals surface area contributed by atoms with Crippen LogP contribution in [0.5, 0.6) is 0 Å². The number of benzene rings is 1. The molecule has 1 aromatic carbocycles. The maximum Gasteiger partial charge on any atom is 0.0959 e. The highest BCUT2D eigenvalue weighted by Gasteiger charge is 2.17. The van der Waals surface area contributed by atoms with Crippen LogP contribution in [0.1, 0.15) is 18.5 Å². The second-order valence-electron chi connectivity index (χ2n) is 3.81. The van der Waals surface area contributed by atoms with Gasteiger partial charge in [-0.15, -0.1) is 6.58 Å². The average molecular weight is 221 g/mol. The van der Waals surface area contributed by atoms with Crippen molar-refractivity contribution >= 4 is 0 Å². The third kappa shape index (κ3) is 3.45. The highest BCUT2D eigenvalue weighted by atomic mass is 16.3. The molecule has 0 saturated heterocycles. The summed E-state index contributed by atoms with van der Waals surface area (Å²) in [6, 6.07) is 9.74. The SMILES string of the molecule is C=C[C@H](N[C@H](C)c1ccccc1)[C@H](O)CO. The fourth-order valence-corrected chi connectivity index (χ4v) is 1.58. The molecule has 0 aliphatic rings. The molecule has 0 fully saturated rings. The number of hydrogen-bond acceptors (Lipinski definition) is 3. The monoisotopic (exact) mass is 221 g/mol. The molecule has 0 radical (unpaired) electrons. The summed E-state index contributed by atoms with van der Waals surface area (Å²) in [5, 5.41) is 21.6. The Labute approximate surface area is 96.4 Å². The second kappa shape index (κ2) is 6.43. The van der Waals surface area contributed by atoms with Crippen LogP contribution in [0.2, 0.25) is 0 Å². The van der Waals surface area contributed by atoms with E-state index in [9.17, 15) is 5.11 Å². The zero-order valence-electron chi connectivity index (χ0n) is 9.50. The van der Waals surface area contributed by atoms with E-state index in [-0.39, 0.29) is 18.7 Å². The molecule has 3 nitrogen and oxygen atoms in total. The van der Waals surface area contributed by atoms with Crippen LogP contribution in [0, 0.1) is 0 Å². The van der Waals surface area contributed by atoms with Gasteiger partial charge in [0.2, 0.25) is 0 Å². The van der Waals surface area contributed by atoms with Crippen molar-refractivity contribution in [3.05, 3.63) is 48.6 Å². The molecule has 88 valence electrons. The molecule has 3 N–H and O–H groups in total. The number of aliphatic hydroxyl groups excluding tert-OH is 2. The van der Waals surface area contributed by atoms with Gasteiger partial charge in [0, 0.05) is 6.04 Å². The molecule has 0 aliphatic carbocycles. The van der Waals surface area contributed by atoms with Gasteiger partial charge in [-0.3, -0.25) is 0 Å². The van der Waals surface area contributed by atoms with Crippen molar-refractivity contribution < 1.29 is 10.2 Å². The van der Waals surface area contributed by atoms with Gasteiger partial charge >= 0.3 is 0 Å². The number of hydrogen-bond donors (Lipinski definition) is 3. The lowest BCUT2D eigenvalue weighted by molar-refractivity contribution is 0.0729. The predicted molar refractivity (Wildman–Crippen MR) is 65.1 cm³/mol. The van der Waals surface area contributed by atoms with Gasteiger partial charge in [0.1, 0.15) is 0 Å². The van der Waals surface area contributed by atoms with Crippen molar-refractivity contribution in [3.8, 4) is 0 Å². The van der Waals surface area contributed by atoms with Crippen molar-refractivity contribution in [1.82, 2.24) is 5.32 Å². The third-order valence-corrected chi connectivity index (χ3v) is 2.60. The molecule has 0 aromatic heterocycles. The first kappa shape index (κ1) is 12.9. The molecule has 0 unspecified atom stereocenters. The van der Waals surface area contributed by atoms with Crippen LogP contribution in [0.3, 0.4) is 0 Å². The zero-order chi connectivity index (χ0) is 12.0. The minimum Gasteiger partial charge on any atom is -0.394 e. The Hall–Kier alpha value is -1.16. The summed E-state index contributed by atoms with van der Waals surface area (Å²) in [6.07, 6.45) is 0.795. The van der Waals surface area contributed by atoms with Crippen molar-refractivity contribution in [2.24, 2.45) is 0 Å². The summed E-state index contributed by atoms with van der Waals surface area (Å²) in [7, 11) is 0. The van der Waals surface area contributed by atoms with Crippen molar-refractivity contribution in [2.75, 3.05) is 6.61 Å². The Kier molecular flexibility index (Phi) is 5.19. The molecule has 1 rings (SSSR count). The van der Waals surface area contributed by atoms with E-state index >= 15 is 0 Å². The summed E-state index contributed by atoms with van der Waals surface area (Å²) in [5.74, 6) is 0. The quantitative estimate of drug-likeness (QED) is 0.634. The van der Waals surface area contributed by atoms with E-state index in [2.05, 4.69) is 11.9 Å². The first-order chi connectivity index (χ1) is 7.69. The lowest BCUT2D eigenvalue weighted by atomic mass is 10.1. The molecular formula is C13H19NO2. The standard InChI is InChI=1S/C13H19NO2/c1-3-12(13(16)9-15)14-10(2)11-7-5-4-6-8-11/h3-8,10,12-16H,1,9H2,2H3/t10-,12+,13-/m1/s1. The molecule has 0 amide bonds. The summed E-state index contributed by atoms with van der Waals surface area (Å²) in [5.41, 5.74) is 1.14. The van der Waals surface area contributed by atoms with E-state index in [0.717, 1.165) is 5.56 Å². The van der Waals surface area contributed by atoms with Crippen molar-refractivity contribution in [3.63, 3.8) is 0 Å². The number of rotatable bonds is 6. The van der Waals surface area contributed by atoms with Gasteiger partial charge in [0.25, 0.3) is 0 Å². The van der Waals surface area contributed by atoms with Gasteiger partial charge < -0.3 is 15.5 Å². The fraction of sp³-hybridized carbons (Fsp3) is 0.385. The largest absolute Gasteiger partial charge is 0.394 e. The maximum absolute atomic E-state index is 9.53. The average Bonchev–Trinajstić information content (AvgIpc) is 2.35. The topological polar surface area (TPSA) is 52.5 Å². The Bertz CT molecular complexity index is 313. The van der Waals surface area contributed by atoms with Crippen molar-refractivity contribution in [2.45, 2.75) is 25.1 Å². The van der Waals surface area contributed by atoms with Gasteiger partial charge in [-0.05, 0) is 12.5 Å².